The highest BCUT2D eigenvalue weighted by Crippen LogP contribution is 2.41. The van der Waals surface area contributed by atoms with Crippen molar-refractivity contribution in [1.82, 2.24) is 14.8 Å². The highest BCUT2D eigenvalue weighted by molar-refractivity contribution is 7.99. The van der Waals surface area contributed by atoms with Crippen molar-refractivity contribution in [3.8, 4) is 0 Å². The molecule has 2 aliphatic rings. The topological polar surface area (TPSA) is 54.2 Å². The number of aliphatic hydroxyl groups is 1. The van der Waals surface area contributed by atoms with Crippen LogP contribution in [0.4, 0.5) is 5.95 Å². The zero-order valence-electron chi connectivity index (χ0n) is 13.1. The van der Waals surface area contributed by atoms with Crippen LogP contribution in [-0.4, -0.2) is 38.7 Å². The van der Waals surface area contributed by atoms with Crippen molar-refractivity contribution in [2.45, 2.75) is 43.0 Å². The maximum Gasteiger partial charge on any atom is 0.228 e. The Morgan fingerprint density at radius 3 is 2.57 bits per heavy atom. The lowest BCUT2D eigenvalue weighted by atomic mass is 10.1. The van der Waals surface area contributed by atoms with Gasteiger partial charge >= 0.3 is 0 Å². The maximum absolute atomic E-state index is 10.4. The van der Waals surface area contributed by atoms with Crippen molar-refractivity contribution in [1.29, 1.82) is 0 Å². The Morgan fingerprint density at radius 1 is 1.13 bits per heavy atom. The molecule has 122 valence electrons. The normalized spacial score (nSPS) is 19.3. The van der Waals surface area contributed by atoms with Gasteiger partial charge in [0.15, 0.2) is 5.16 Å². The van der Waals surface area contributed by atoms with Gasteiger partial charge in [0.05, 0.1) is 6.10 Å². The van der Waals surface area contributed by atoms with Gasteiger partial charge in [0, 0.05) is 24.9 Å². The van der Waals surface area contributed by atoms with Crippen LogP contribution in [-0.2, 0) is 0 Å². The van der Waals surface area contributed by atoms with Crippen LogP contribution in [0.3, 0.4) is 0 Å². The molecule has 1 aromatic carbocycles. The lowest BCUT2D eigenvalue weighted by Gasteiger charge is -2.18. The molecule has 0 radical (unpaired) electrons. The van der Waals surface area contributed by atoms with Gasteiger partial charge in [0.25, 0.3) is 0 Å². The van der Waals surface area contributed by atoms with Gasteiger partial charge in [0.2, 0.25) is 5.95 Å². The number of nitrogens with zero attached hydrogens (tertiary/aromatic N) is 4. The van der Waals surface area contributed by atoms with E-state index in [9.17, 15) is 5.11 Å². The third kappa shape index (κ3) is 3.23. The van der Waals surface area contributed by atoms with Crippen LogP contribution < -0.4 is 4.90 Å². The molecule has 1 aliphatic carbocycles. The molecule has 4 rings (SSSR count). The number of thioether (sulfide) groups is 1. The number of benzene rings is 1. The van der Waals surface area contributed by atoms with Crippen molar-refractivity contribution in [3.63, 3.8) is 0 Å². The second-order valence-corrected chi connectivity index (χ2v) is 7.30. The van der Waals surface area contributed by atoms with Crippen molar-refractivity contribution < 1.29 is 5.11 Å². The van der Waals surface area contributed by atoms with E-state index in [1.54, 1.807) is 11.8 Å². The summed E-state index contributed by atoms with van der Waals surface area (Å²) in [4.78, 5) is 2.35. The zero-order chi connectivity index (χ0) is 15.6. The third-order valence-electron chi connectivity index (χ3n) is 4.50. The molecule has 0 spiro atoms. The Labute approximate surface area is 140 Å². The smallest absolute Gasteiger partial charge is 0.228 e. The summed E-state index contributed by atoms with van der Waals surface area (Å²) in [7, 11) is 0. The first-order chi connectivity index (χ1) is 11.3. The predicted octanol–water partition coefficient (Wildman–Crippen LogP) is 3.04. The summed E-state index contributed by atoms with van der Waals surface area (Å²) in [6, 6.07) is 10.4. The first-order valence-electron chi connectivity index (χ1n) is 8.38. The molecule has 1 atom stereocenters. The van der Waals surface area contributed by atoms with Crippen molar-refractivity contribution >= 4 is 17.7 Å². The molecule has 2 aromatic rings. The Bertz CT molecular complexity index is 650. The molecule has 1 saturated heterocycles. The number of aromatic nitrogens is 3. The van der Waals surface area contributed by atoms with E-state index >= 15 is 0 Å². The molecule has 2 heterocycles. The molecule has 5 nitrogen and oxygen atoms in total. The molecule has 1 aliphatic heterocycles. The fraction of sp³-hybridized carbons (Fsp3) is 0.529. The van der Waals surface area contributed by atoms with Gasteiger partial charge in [-0.15, -0.1) is 10.2 Å². The van der Waals surface area contributed by atoms with Crippen LogP contribution in [0.25, 0.3) is 0 Å². The summed E-state index contributed by atoms with van der Waals surface area (Å²) in [5.74, 6) is 1.64. The lowest BCUT2D eigenvalue weighted by molar-refractivity contribution is 0.204. The highest BCUT2D eigenvalue weighted by atomic mass is 32.2. The minimum absolute atomic E-state index is 0.471. The van der Waals surface area contributed by atoms with E-state index in [4.69, 9.17) is 0 Å². The van der Waals surface area contributed by atoms with E-state index in [-0.39, 0.29) is 0 Å². The molecule has 1 aromatic heterocycles. The molecule has 0 unspecified atom stereocenters. The molecular formula is C17H22N4OS. The first-order valence-corrected chi connectivity index (χ1v) is 9.37. The van der Waals surface area contributed by atoms with Crippen molar-refractivity contribution in [2.24, 2.45) is 0 Å². The molecule has 2 fully saturated rings. The Kier molecular flexibility index (Phi) is 4.27. The number of hydrogen-bond acceptors (Lipinski definition) is 5. The van der Waals surface area contributed by atoms with E-state index < -0.39 is 6.10 Å². The second kappa shape index (κ2) is 6.53. The van der Waals surface area contributed by atoms with Crippen LogP contribution in [0.5, 0.6) is 0 Å². The standard InChI is InChI=1S/C17H22N4OS/c22-15(13-6-2-1-3-7-13)12-23-17-19-18-16(20-10-4-5-11-20)21(17)14-8-9-14/h1-3,6-7,14-15,22H,4-5,8-12H2/t15-/m0/s1. The van der Waals surface area contributed by atoms with Gasteiger partial charge in [-0.05, 0) is 31.2 Å². The van der Waals surface area contributed by atoms with Gasteiger partial charge in [-0.25, -0.2) is 0 Å². The number of hydrogen-bond donors (Lipinski definition) is 1. The second-order valence-electron chi connectivity index (χ2n) is 6.32. The monoisotopic (exact) mass is 330 g/mol. The van der Waals surface area contributed by atoms with E-state index in [0.717, 1.165) is 29.8 Å². The Morgan fingerprint density at radius 2 is 1.87 bits per heavy atom. The van der Waals surface area contributed by atoms with E-state index in [1.165, 1.54) is 25.7 Å². The SMILES string of the molecule is O[C@@H](CSc1nnc(N2CCCC2)n1C1CC1)c1ccccc1. The van der Waals surface area contributed by atoms with Crippen LogP contribution >= 0.6 is 11.8 Å². The predicted molar refractivity (Wildman–Crippen MR) is 91.9 cm³/mol. The summed E-state index contributed by atoms with van der Waals surface area (Å²) >= 11 is 1.61. The van der Waals surface area contributed by atoms with Gasteiger partial charge in [-0.3, -0.25) is 4.57 Å². The highest BCUT2D eigenvalue weighted by Gasteiger charge is 2.32. The molecule has 0 bridgehead atoms. The third-order valence-corrected chi connectivity index (χ3v) is 5.52. The summed E-state index contributed by atoms with van der Waals surface area (Å²) in [5.41, 5.74) is 0.956. The quantitative estimate of drug-likeness (QED) is 0.825. The van der Waals surface area contributed by atoms with Crippen molar-refractivity contribution in [3.05, 3.63) is 35.9 Å². The molecule has 6 heteroatoms. The Hall–Kier alpha value is -1.53. The summed E-state index contributed by atoms with van der Waals surface area (Å²) < 4.78 is 2.30. The maximum atomic E-state index is 10.4. The Balaban J connectivity index is 1.48. The van der Waals surface area contributed by atoms with Gasteiger partial charge in [-0.1, -0.05) is 42.1 Å². The van der Waals surface area contributed by atoms with Crippen LogP contribution in [0.1, 0.15) is 43.4 Å². The van der Waals surface area contributed by atoms with Crippen molar-refractivity contribution in [2.75, 3.05) is 23.7 Å². The minimum Gasteiger partial charge on any atom is -0.388 e. The summed E-state index contributed by atoms with van der Waals surface area (Å²) in [6.45, 7) is 2.17. The summed E-state index contributed by atoms with van der Waals surface area (Å²) in [6.07, 6.45) is 4.45. The van der Waals surface area contributed by atoms with E-state index in [2.05, 4.69) is 19.7 Å². The molecule has 23 heavy (non-hydrogen) atoms. The fourth-order valence-corrected chi connectivity index (χ4v) is 4.05. The van der Waals surface area contributed by atoms with Crippen LogP contribution in [0.15, 0.2) is 35.5 Å². The largest absolute Gasteiger partial charge is 0.388 e. The zero-order valence-corrected chi connectivity index (χ0v) is 14.0. The van der Waals surface area contributed by atoms with Gasteiger partial charge in [-0.2, -0.15) is 0 Å². The average molecular weight is 330 g/mol. The van der Waals surface area contributed by atoms with E-state index in [0.29, 0.717) is 11.8 Å². The van der Waals surface area contributed by atoms with E-state index in [1.807, 2.05) is 30.3 Å². The molecule has 1 saturated carbocycles. The molecule has 0 amide bonds. The lowest BCUT2D eigenvalue weighted by Crippen LogP contribution is -2.22. The number of anilines is 1. The molecule has 1 N–H and O–H groups in total. The number of aliphatic hydroxyl groups excluding tert-OH is 1. The summed E-state index contributed by atoms with van der Waals surface area (Å²) in [5, 5.41) is 20.2. The molecular weight excluding hydrogens is 308 g/mol. The van der Waals surface area contributed by atoms with Gasteiger partial charge in [0.1, 0.15) is 0 Å². The number of rotatable bonds is 6. The van der Waals surface area contributed by atoms with Gasteiger partial charge < -0.3 is 10.0 Å². The van der Waals surface area contributed by atoms with Crippen LogP contribution in [0.2, 0.25) is 0 Å². The first kappa shape index (κ1) is 15.0. The average Bonchev–Trinajstić information content (AvgIpc) is 3.12. The fourth-order valence-electron chi connectivity index (χ4n) is 3.08. The van der Waals surface area contributed by atoms with Crippen LogP contribution in [0, 0.1) is 0 Å². The minimum atomic E-state index is -0.471.